The van der Waals surface area contributed by atoms with Gasteiger partial charge in [0.2, 0.25) is 6.79 Å². The van der Waals surface area contributed by atoms with Gasteiger partial charge in [-0.05, 0) is 69.7 Å². The minimum absolute atomic E-state index is 0.146. The first-order valence-electron chi connectivity index (χ1n) is 10.00. The van der Waals surface area contributed by atoms with Crippen molar-refractivity contribution in [3.05, 3.63) is 58.4 Å². The van der Waals surface area contributed by atoms with E-state index in [1.54, 1.807) is 0 Å². The second-order valence-electron chi connectivity index (χ2n) is 8.38. The van der Waals surface area contributed by atoms with Gasteiger partial charge in [0.05, 0.1) is 0 Å². The Morgan fingerprint density at radius 2 is 1.93 bits per heavy atom. The summed E-state index contributed by atoms with van der Waals surface area (Å²) in [5.74, 6) is 1.52. The molecule has 0 N–H and O–H groups in total. The molecule has 0 aromatic heterocycles. The van der Waals surface area contributed by atoms with E-state index in [1.807, 2.05) is 0 Å². The highest BCUT2D eigenvalue weighted by Crippen LogP contribution is 2.53. The van der Waals surface area contributed by atoms with Crippen LogP contribution in [-0.4, -0.2) is 24.8 Å². The average Bonchev–Trinajstić information content (AvgIpc) is 3.33. The Kier molecular flexibility index (Phi) is 3.94. The lowest BCUT2D eigenvalue weighted by molar-refractivity contribution is 0.0994. The molecule has 0 bridgehead atoms. The van der Waals surface area contributed by atoms with E-state index in [0.29, 0.717) is 11.7 Å². The highest BCUT2D eigenvalue weighted by molar-refractivity contribution is 5.57. The van der Waals surface area contributed by atoms with Gasteiger partial charge in [0.15, 0.2) is 11.5 Å². The number of fused-ring (bicyclic) bond motifs is 3. The Morgan fingerprint density at radius 3 is 2.70 bits per heavy atom. The smallest absolute Gasteiger partial charge is 0.231 e. The van der Waals surface area contributed by atoms with Gasteiger partial charge in [0.25, 0.3) is 0 Å². The van der Waals surface area contributed by atoms with Gasteiger partial charge in [-0.25, -0.2) is 4.39 Å². The number of benzene rings is 2. The summed E-state index contributed by atoms with van der Waals surface area (Å²) < 4.78 is 26.7. The molecule has 3 aliphatic rings. The first-order valence-corrected chi connectivity index (χ1v) is 10.00. The molecule has 2 atom stereocenters. The lowest BCUT2D eigenvalue weighted by atomic mass is 9.68. The number of halogens is 1. The van der Waals surface area contributed by atoms with Crippen molar-refractivity contribution in [2.45, 2.75) is 51.0 Å². The fraction of sp³-hybridized carbons (Fsp3) is 0.478. The van der Waals surface area contributed by atoms with Gasteiger partial charge in [0, 0.05) is 22.7 Å². The van der Waals surface area contributed by atoms with Gasteiger partial charge in [-0.3, -0.25) is 4.90 Å². The molecule has 2 aromatic carbocycles. The van der Waals surface area contributed by atoms with E-state index in [-0.39, 0.29) is 18.1 Å². The Hall–Kier alpha value is -2.07. The number of likely N-dealkylation sites (tertiary alicyclic amines) is 1. The van der Waals surface area contributed by atoms with E-state index < -0.39 is 0 Å². The molecule has 0 spiro atoms. The van der Waals surface area contributed by atoms with E-state index in [4.69, 9.17) is 9.47 Å². The molecule has 2 heterocycles. The van der Waals surface area contributed by atoms with Crippen LogP contribution in [0.25, 0.3) is 0 Å². The zero-order chi connectivity index (χ0) is 18.6. The molecule has 1 aliphatic carbocycles. The summed E-state index contributed by atoms with van der Waals surface area (Å²) in [7, 11) is 0. The van der Waals surface area contributed by atoms with E-state index in [1.165, 1.54) is 30.0 Å². The molecule has 27 heavy (non-hydrogen) atoms. The molecule has 0 saturated carbocycles. The molecule has 2 aliphatic heterocycles. The molecule has 3 nitrogen and oxygen atoms in total. The standard InChI is InChI=1S/C23H26FNO2/c1-15-7-3-4-8-17(15)16-11-18-21(19(24)12-20-22(18)27-14-26-20)23(2,13-16)25-9-5-6-10-25/h3-4,7-8,12,16H,5-6,9-11,13-14H2,1-2H3. The topological polar surface area (TPSA) is 21.7 Å². The van der Waals surface area contributed by atoms with Crippen LogP contribution in [0.4, 0.5) is 4.39 Å². The normalized spacial score (nSPS) is 27.0. The third-order valence-corrected chi connectivity index (χ3v) is 6.78. The second-order valence-corrected chi connectivity index (χ2v) is 8.38. The first kappa shape index (κ1) is 17.1. The van der Waals surface area contributed by atoms with Gasteiger partial charge in [-0.15, -0.1) is 0 Å². The molecule has 1 fully saturated rings. The minimum Gasteiger partial charge on any atom is -0.453 e. The number of ether oxygens (including phenoxy) is 2. The van der Waals surface area contributed by atoms with Gasteiger partial charge in [-0.2, -0.15) is 0 Å². The zero-order valence-electron chi connectivity index (χ0n) is 16.1. The van der Waals surface area contributed by atoms with Crippen molar-refractivity contribution in [2.24, 2.45) is 0 Å². The van der Waals surface area contributed by atoms with Gasteiger partial charge >= 0.3 is 0 Å². The fourth-order valence-corrected chi connectivity index (χ4v) is 5.52. The molecule has 0 amide bonds. The van der Waals surface area contributed by atoms with Crippen LogP contribution in [0, 0.1) is 12.7 Å². The average molecular weight is 367 g/mol. The van der Waals surface area contributed by atoms with Gasteiger partial charge in [-0.1, -0.05) is 24.3 Å². The minimum atomic E-state index is -0.317. The second kappa shape index (κ2) is 6.23. The number of hydrogen-bond donors (Lipinski definition) is 0. The van der Waals surface area contributed by atoms with E-state index >= 15 is 4.39 Å². The monoisotopic (exact) mass is 367 g/mol. The number of rotatable bonds is 2. The van der Waals surface area contributed by atoms with E-state index in [0.717, 1.165) is 42.8 Å². The van der Waals surface area contributed by atoms with Crippen molar-refractivity contribution in [1.29, 1.82) is 0 Å². The summed E-state index contributed by atoms with van der Waals surface area (Å²) in [6.07, 6.45) is 4.10. The van der Waals surface area contributed by atoms with Crippen molar-refractivity contribution in [3.63, 3.8) is 0 Å². The number of nitrogens with zero attached hydrogens (tertiary/aromatic N) is 1. The van der Waals surface area contributed by atoms with Crippen LogP contribution in [-0.2, 0) is 12.0 Å². The quantitative estimate of drug-likeness (QED) is 0.753. The zero-order valence-corrected chi connectivity index (χ0v) is 16.1. The molecule has 0 radical (unpaired) electrons. The van der Waals surface area contributed by atoms with Crippen molar-refractivity contribution < 1.29 is 13.9 Å². The van der Waals surface area contributed by atoms with Crippen LogP contribution in [0.2, 0.25) is 0 Å². The maximum absolute atomic E-state index is 15.3. The predicted molar refractivity (Wildman–Crippen MR) is 103 cm³/mol. The molecular weight excluding hydrogens is 341 g/mol. The number of hydrogen-bond acceptors (Lipinski definition) is 3. The molecular formula is C23H26FNO2. The summed E-state index contributed by atoms with van der Waals surface area (Å²) in [4.78, 5) is 2.49. The highest BCUT2D eigenvalue weighted by atomic mass is 19.1. The SMILES string of the molecule is Cc1ccccc1C1Cc2c3c(cc(F)c2C(C)(N2CCCC2)C1)OCO3. The van der Waals surface area contributed by atoms with Crippen molar-refractivity contribution in [2.75, 3.05) is 19.9 Å². The van der Waals surface area contributed by atoms with E-state index in [9.17, 15) is 0 Å². The third-order valence-electron chi connectivity index (χ3n) is 6.78. The van der Waals surface area contributed by atoms with Gasteiger partial charge in [0.1, 0.15) is 5.82 Å². The third kappa shape index (κ3) is 2.57. The van der Waals surface area contributed by atoms with Crippen molar-refractivity contribution in [1.82, 2.24) is 4.90 Å². The first-order chi connectivity index (χ1) is 13.1. The maximum atomic E-state index is 15.3. The molecule has 142 valence electrons. The van der Waals surface area contributed by atoms with Crippen LogP contribution in [0.15, 0.2) is 30.3 Å². The highest BCUT2D eigenvalue weighted by Gasteiger charge is 2.46. The molecule has 2 unspecified atom stereocenters. The van der Waals surface area contributed by atoms with Crippen LogP contribution in [0.5, 0.6) is 11.5 Å². The van der Waals surface area contributed by atoms with Crippen LogP contribution in [0.3, 0.4) is 0 Å². The fourth-order valence-electron chi connectivity index (χ4n) is 5.52. The Bertz CT molecular complexity index is 890. The lowest BCUT2D eigenvalue weighted by Gasteiger charge is -2.46. The molecule has 4 heteroatoms. The van der Waals surface area contributed by atoms with E-state index in [2.05, 4.69) is 43.0 Å². The summed E-state index contributed by atoms with van der Waals surface area (Å²) in [6.45, 7) is 6.65. The lowest BCUT2D eigenvalue weighted by Crippen LogP contribution is -2.47. The van der Waals surface area contributed by atoms with Crippen LogP contribution in [0.1, 0.15) is 54.4 Å². The summed E-state index contributed by atoms with van der Waals surface area (Å²) in [5, 5.41) is 0. The van der Waals surface area contributed by atoms with Crippen LogP contribution < -0.4 is 9.47 Å². The molecule has 5 rings (SSSR count). The Morgan fingerprint density at radius 1 is 1.15 bits per heavy atom. The van der Waals surface area contributed by atoms with Crippen LogP contribution >= 0.6 is 0 Å². The largest absolute Gasteiger partial charge is 0.453 e. The van der Waals surface area contributed by atoms with Gasteiger partial charge < -0.3 is 9.47 Å². The molecule has 1 saturated heterocycles. The Labute approximate surface area is 160 Å². The maximum Gasteiger partial charge on any atom is 0.231 e. The predicted octanol–water partition coefficient (Wildman–Crippen LogP) is 4.90. The molecule has 2 aromatic rings. The van der Waals surface area contributed by atoms with Crippen molar-refractivity contribution >= 4 is 0 Å². The Balaban J connectivity index is 1.69. The number of aryl methyl sites for hydroxylation is 1. The summed E-state index contributed by atoms with van der Waals surface area (Å²) in [5.41, 5.74) is 4.20. The summed E-state index contributed by atoms with van der Waals surface area (Å²) >= 11 is 0. The summed E-state index contributed by atoms with van der Waals surface area (Å²) in [6, 6.07) is 10.1. The van der Waals surface area contributed by atoms with Crippen molar-refractivity contribution in [3.8, 4) is 11.5 Å².